The number of carbonyl (C=O) groups excluding carboxylic acids is 1. The molecule has 1 N–H and O–H groups in total. The Hall–Kier alpha value is -3.56. The van der Waals surface area contributed by atoms with Gasteiger partial charge in [0.15, 0.2) is 5.03 Å². The Bertz CT molecular complexity index is 1560. The van der Waals surface area contributed by atoms with E-state index in [1.54, 1.807) is 18.2 Å². The number of rotatable bonds is 12. The van der Waals surface area contributed by atoms with Gasteiger partial charge >= 0.3 is 0 Å². The molecule has 8 nitrogen and oxygen atoms in total. The fourth-order valence-electron chi connectivity index (χ4n) is 5.84. The monoisotopic (exact) mass is 588 g/mol. The van der Waals surface area contributed by atoms with Gasteiger partial charge in [0, 0.05) is 24.8 Å². The summed E-state index contributed by atoms with van der Waals surface area (Å²) in [4.78, 5) is 24.7. The van der Waals surface area contributed by atoms with Crippen molar-refractivity contribution >= 4 is 27.5 Å². The molecule has 0 unspecified atom stereocenters. The Kier molecular flexibility index (Phi) is 9.08. The molecule has 2 aliphatic rings. The number of hydrogen-bond acceptors (Lipinski definition) is 6. The van der Waals surface area contributed by atoms with Crippen LogP contribution in [0.4, 0.5) is 5.69 Å². The average Bonchev–Trinajstić information content (AvgIpc) is 3.56. The molecule has 0 radical (unpaired) electrons. The van der Waals surface area contributed by atoms with Crippen LogP contribution >= 0.6 is 0 Å². The van der Waals surface area contributed by atoms with E-state index in [4.69, 9.17) is 9.73 Å². The summed E-state index contributed by atoms with van der Waals surface area (Å²) in [6, 6.07) is 16.6. The molecule has 1 aliphatic heterocycles. The number of aromatic nitrogens is 1. The van der Waals surface area contributed by atoms with Crippen molar-refractivity contribution in [2.45, 2.75) is 89.4 Å². The number of carbonyl (C=O) groups is 1. The zero-order chi connectivity index (χ0) is 29.7. The molecule has 42 heavy (non-hydrogen) atoms. The summed E-state index contributed by atoms with van der Waals surface area (Å²) in [6.45, 7) is 7.31. The third kappa shape index (κ3) is 6.27. The predicted molar refractivity (Wildman–Crippen MR) is 166 cm³/mol. The van der Waals surface area contributed by atoms with Gasteiger partial charge in [0.2, 0.25) is 0 Å². The average molecular weight is 589 g/mol. The van der Waals surface area contributed by atoms with E-state index in [-0.39, 0.29) is 10.9 Å². The predicted octanol–water partition coefficient (Wildman–Crippen LogP) is 6.64. The van der Waals surface area contributed by atoms with Gasteiger partial charge in [-0.05, 0) is 67.5 Å². The smallest absolute Gasteiger partial charge is 0.279 e. The number of hydrogen-bond donors (Lipinski definition) is 1. The standard InChI is InChI=1S/C33H40N4O4S/c1-4-6-13-30-35-33(18-9-10-19-33)32(38)37(30)22-25-15-16-27(26(20-25)23-41-5-2)28-11-7-8-12-29(28)36-42(39,40)31-17-14-24(3)21-34-31/h7-8,11-12,14-17,20-21,36H,4-6,9-10,13,18-19,22-23H2,1-3H3. The summed E-state index contributed by atoms with van der Waals surface area (Å²) in [5, 5.41) is -0.0383. The van der Waals surface area contributed by atoms with Crippen molar-refractivity contribution in [3.63, 3.8) is 0 Å². The van der Waals surface area contributed by atoms with E-state index in [0.29, 0.717) is 25.4 Å². The SMILES string of the molecule is CCCCC1=NC2(CCCC2)C(=O)N1Cc1ccc(-c2ccccc2NS(=O)(=O)c2ccc(C)cn2)c(COCC)c1. The molecular weight excluding hydrogens is 548 g/mol. The lowest BCUT2D eigenvalue weighted by Crippen LogP contribution is -2.40. The van der Waals surface area contributed by atoms with Gasteiger partial charge in [-0.1, -0.05) is 68.7 Å². The van der Waals surface area contributed by atoms with Gasteiger partial charge in [0.05, 0.1) is 18.8 Å². The van der Waals surface area contributed by atoms with Crippen LogP contribution in [0.5, 0.6) is 0 Å². The molecule has 2 aromatic carbocycles. The van der Waals surface area contributed by atoms with E-state index in [9.17, 15) is 13.2 Å². The maximum absolute atomic E-state index is 13.7. The number of unbranched alkanes of at least 4 members (excludes halogenated alkanes) is 1. The molecular formula is C33H40N4O4S. The fraction of sp³-hybridized carbons (Fsp3) is 0.424. The van der Waals surface area contributed by atoms with Crippen LogP contribution < -0.4 is 4.72 Å². The molecule has 1 aliphatic carbocycles. The van der Waals surface area contributed by atoms with Crippen LogP contribution in [0.3, 0.4) is 0 Å². The Morgan fingerprint density at radius 2 is 1.81 bits per heavy atom. The molecule has 1 fully saturated rings. The summed E-state index contributed by atoms with van der Waals surface area (Å²) in [7, 11) is -3.90. The van der Waals surface area contributed by atoms with Crippen LogP contribution in [0.25, 0.3) is 11.1 Å². The molecule has 5 rings (SSSR count). The second-order valence-electron chi connectivity index (χ2n) is 11.2. The Morgan fingerprint density at radius 1 is 1.02 bits per heavy atom. The molecule has 222 valence electrons. The lowest BCUT2D eigenvalue weighted by Gasteiger charge is -2.23. The summed E-state index contributed by atoms with van der Waals surface area (Å²) < 4.78 is 35.0. The quantitative estimate of drug-likeness (QED) is 0.256. The zero-order valence-corrected chi connectivity index (χ0v) is 25.5. The van der Waals surface area contributed by atoms with Crippen LogP contribution in [-0.4, -0.2) is 42.2 Å². The summed E-state index contributed by atoms with van der Waals surface area (Å²) in [5.41, 5.74) is 4.28. The Balaban J connectivity index is 1.46. The van der Waals surface area contributed by atoms with E-state index in [1.165, 1.54) is 12.3 Å². The molecule has 9 heteroatoms. The minimum atomic E-state index is -3.90. The lowest BCUT2D eigenvalue weighted by molar-refractivity contribution is -0.131. The molecule has 1 aromatic heterocycles. The molecule has 0 bridgehead atoms. The molecule has 0 saturated heterocycles. The molecule has 1 amide bonds. The first kappa shape index (κ1) is 29.9. The number of nitrogens with one attached hydrogen (secondary N) is 1. The topological polar surface area (TPSA) is 101 Å². The molecule has 0 atom stereocenters. The minimum Gasteiger partial charge on any atom is -0.377 e. The van der Waals surface area contributed by atoms with Crippen molar-refractivity contribution in [3.05, 3.63) is 77.5 Å². The normalized spacial score (nSPS) is 16.3. The molecule has 1 spiro atoms. The third-order valence-corrected chi connectivity index (χ3v) is 9.36. The van der Waals surface area contributed by atoms with Gasteiger partial charge in [-0.2, -0.15) is 8.42 Å². The largest absolute Gasteiger partial charge is 0.377 e. The number of aliphatic imine (C=N–C) groups is 1. The maximum atomic E-state index is 13.7. The van der Waals surface area contributed by atoms with E-state index in [0.717, 1.165) is 78.6 Å². The van der Waals surface area contributed by atoms with Crippen molar-refractivity contribution in [2.24, 2.45) is 4.99 Å². The van der Waals surface area contributed by atoms with Crippen molar-refractivity contribution in [2.75, 3.05) is 11.3 Å². The number of para-hydroxylation sites is 1. The first-order valence-electron chi connectivity index (χ1n) is 14.9. The summed E-state index contributed by atoms with van der Waals surface area (Å²) >= 11 is 0. The van der Waals surface area contributed by atoms with Crippen LogP contribution in [0.1, 0.15) is 75.5 Å². The number of anilines is 1. The van der Waals surface area contributed by atoms with E-state index in [1.807, 2.05) is 43.0 Å². The number of ether oxygens (including phenoxy) is 1. The Labute approximate surface area is 249 Å². The highest BCUT2D eigenvalue weighted by Crippen LogP contribution is 2.40. The zero-order valence-electron chi connectivity index (χ0n) is 24.7. The van der Waals surface area contributed by atoms with E-state index in [2.05, 4.69) is 22.7 Å². The minimum absolute atomic E-state index is 0.0383. The second kappa shape index (κ2) is 12.8. The van der Waals surface area contributed by atoms with Gasteiger partial charge in [-0.15, -0.1) is 0 Å². The van der Waals surface area contributed by atoms with Crippen LogP contribution in [0.2, 0.25) is 0 Å². The van der Waals surface area contributed by atoms with Gasteiger partial charge < -0.3 is 4.74 Å². The first-order chi connectivity index (χ1) is 20.3. The third-order valence-electron chi connectivity index (χ3n) is 8.08. The van der Waals surface area contributed by atoms with Crippen molar-refractivity contribution in [3.8, 4) is 11.1 Å². The fourth-order valence-corrected chi connectivity index (χ4v) is 6.85. The van der Waals surface area contributed by atoms with Crippen LogP contribution in [-0.2, 0) is 32.7 Å². The van der Waals surface area contributed by atoms with Crippen LogP contribution in [0.15, 0.2) is 70.8 Å². The number of nitrogens with zero attached hydrogens (tertiary/aromatic N) is 3. The van der Waals surface area contributed by atoms with Crippen molar-refractivity contribution < 1.29 is 17.9 Å². The first-order valence-corrected chi connectivity index (χ1v) is 16.4. The van der Waals surface area contributed by atoms with Crippen molar-refractivity contribution in [1.29, 1.82) is 0 Å². The highest BCUT2D eigenvalue weighted by molar-refractivity contribution is 7.92. The summed E-state index contributed by atoms with van der Waals surface area (Å²) in [6.07, 6.45) is 8.13. The van der Waals surface area contributed by atoms with Gasteiger partial charge in [0.25, 0.3) is 15.9 Å². The van der Waals surface area contributed by atoms with Crippen molar-refractivity contribution in [1.82, 2.24) is 9.88 Å². The summed E-state index contributed by atoms with van der Waals surface area (Å²) in [5.74, 6) is 1.04. The Morgan fingerprint density at radius 3 is 2.52 bits per heavy atom. The second-order valence-corrected chi connectivity index (χ2v) is 12.8. The number of sulfonamides is 1. The number of aryl methyl sites for hydroxylation is 1. The number of amides is 1. The molecule has 3 aromatic rings. The highest BCUT2D eigenvalue weighted by Gasteiger charge is 2.49. The lowest BCUT2D eigenvalue weighted by atomic mass is 9.95. The van der Waals surface area contributed by atoms with Crippen LogP contribution in [0, 0.1) is 6.92 Å². The van der Waals surface area contributed by atoms with Gasteiger partial charge in [-0.25, -0.2) is 4.98 Å². The number of amidine groups is 1. The van der Waals surface area contributed by atoms with Gasteiger partial charge in [-0.3, -0.25) is 19.4 Å². The number of benzene rings is 2. The maximum Gasteiger partial charge on any atom is 0.279 e. The number of pyridine rings is 1. The van der Waals surface area contributed by atoms with E-state index < -0.39 is 15.6 Å². The highest BCUT2D eigenvalue weighted by atomic mass is 32.2. The van der Waals surface area contributed by atoms with E-state index >= 15 is 0 Å². The molecule has 1 saturated carbocycles. The van der Waals surface area contributed by atoms with Gasteiger partial charge in [0.1, 0.15) is 11.4 Å². The molecule has 2 heterocycles.